The minimum atomic E-state index is 0.463. The largest absolute Gasteiger partial charge is 0.383 e. The maximum absolute atomic E-state index is 3.58. The second kappa shape index (κ2) is 6.94. The summed E-state index contributed by atoms with van der Waals surface area (Å²) in [5.74, 6) is 0. The quantitative estimate of drug-likeness (QED) is 0.762. The minimum absolute atomic E-state index is 0.463. The van der Waals surface area contributed by atoms with Gasteiger partial charge in [0.25, 0.3) is 0 Å². The highest BCUT2D eigenvalue weighted by Gasteiger charge is 2.04. The van der Waals surface area contributed by atoms with Crippen molar-refractivity contribution in [2.45, 2.75) is 39.7 Å². The Bertz CT molecular complexity index is 577. The van der Waals surface area contributed by atoms with Gasteiger partial charge in [0.1, 0.15) is 0 Å². The van der Waals surface area contributed by atoms with Crippen molar-refractivity contribution in [3.63, 3.8) is 0 Å². The van der Waals surface area contributed by atoms with E-state index >= 15 is 0 Å². The second-order valence-corrected chi connectivity index (χ2v) is 6.39. The van der Waals surface area contributed by atoms with Crippen LogP contribution in [0.25, 0.3) is 0 Å². The maximum atomic E-state index is 3.58. The van der Waals surface area contributed by atoms with Gasteiger partial charge in [0, 0.05) is 16.2 Å². The number of benzene rings is 2. The van der Waals surface area contributed by atoms with Gasteiger partial charge in [0.05, 0.1) is 0 Å². The normalized spacial score (nSPS) is 12.2. The van der Waals surface area contributed by atoms with Gasteiger partial charge in [-0.25, -0.2) is 0 Å². The van der Waals surface area contributed by atoms with Crippen molar-refractivity contribution in [2.75, 3.05) is 5.32 Å². The van der Waals surface area contributed by atoms with E-state index in [1.807, 2.05) is 0 Å². The fraction of sp³-hybridized carbons (Fsp3) is 0.333. The molecule has 2 heteroatoms. The van der Waals surface area contributed by atoms with Crippen LogP contribution >= 0.6 is 15.9 Å². The van der Waals surface area contributed by atoms with Crippen LogP contribution < -0.4 is 5.32 Å². The summed E-state index contributed by atoms with van der Waals surface area (Å²) >= 11 is 3.58. The average molecular weight is 332 g/mol. The van der Waals surface area contributed by atoms with Crippen LogP contribution in [0.3, 0.4) is 0 Å². The fourth-order valence-electron chi connectivity index (χ4n) is 2.29. The summed E-state index contributed by atoms with van der Waals surface area (Å²) in [4.78, 5) is 0. The van der Waals surface area contributed by atoms with Crippen LogP contribution in [-0.4, -0.2) is 6.04 Å². The lowest BCUT2D eigenvalue weighted by Crippen LogP contribution is -2.16. The molecule has 0 amide bonds. The number of anilines is 1. The van der Waals surface area contributed by atoms with E-state index in [-0.39, 0.29) is 0 Å². The highest BCUT2D eigenvalue weighted by atomic mass is 79.9. The molecule has 0 bridgehead atoms. The van der Waals surface area contributed by atoms with Crippen molar-refractivity contribution in [3.05, 3.63) is 63.6 Å². The third kappa shape index (κ3) is 4.38. The molecule has 0 aliphatic carbocycles. The van der Waals surface area contributed by atoms with E-state index in [1.165, 1.54) is 22.4 Å². The van der Waals surface area contributed by atoms with Crippen molar-refractivity contribution < 1.29 is 0 Å². The molecule has 1 N–H and O–H groups in total. The van der Waals surface area contributed by atoms with E-state index in [1.54, 1.807) is 0 Å². The zero-order chi connectivity index (χ0) is 14.5. The van der Waals surface area contributed by atoms with Crippen LogP contribution in [0.2, 0.25) is 0 Å². The first-order chi connectivity index (χ1) is 9.54. The molecular weight excluding hydrogens is 310 g/mol. The van der Waals surface area contributed by atoms with Gasteiger partial charge in [-0.3, -0.25) is 0 Å². The molecular formula is C18H22BrN. The lowest BCUT2D eigenvalue weighted by molar-refractivity contribution is 0.706. The van der Waals surface area contributed by atoms with Gasteiger partial charge in [0.15, 0.2) is 0 Å². The van der Waals surface area contributed by atoms with Gasteiger partial charge in [0.2, 0.25) is 0 Å². The lowest BCUT2D eigenvalue weighted by Gasteiger charge is -2.16. The Labute approximate surface area is 130 Å². The van der Waals surface area contributed by atoms with Gasteiger partial charge < -0.3 is 5.32 Å². The van der Waals surface area contributed by atoms with Crippen LogP contribution in [0, 0.1) is 13.8 Å². The molecule has 0 heterocycles. The molecule has 0 saturated carbocycles. The van der Waals surface area contributed by atoms with Gasteiger partial charge in [-0.2, -0.15) is 0 Å². The maximum Gasteiger partial charge on any atom is 0.0353 e. The Morgan fingerprint density at radius 1 is 1.10 bits per heavy atom. The third-order valence-electron chi connectivity index (χ3n) is 3.53. The molecule has 2 rings (SSSR count). The Morgan fingerprint density at radius 3 is 2.60 bits per heavy atom. The number of aryl methyl sites for hydroxylation is 3. The molecule has 0 fully saturated rings. The number of hydrogen-bond donors (Lipinski definition) is 1. The summed E-state index contributed by atoms with van der Waals surface area (Å²) in [7, 11) is 0. The SMILES string of the molecule is Cc1cccc(CCC(C)Nc2ccc(C)c(Br)c2)c1. The zero-order valence-electron chi connectivity index (χ0n) is 12.4. The molecule has 2 aromatic carbocycles. The van der Waals surface area contributed by atoms with Crippen LogP contribution in [0.5, 0.6) is 0 Å². The smallest absolute Gasteiger partial charge is 0.0353 e. The van der Waals surface area contributed by atoms with E-state index in [2.05, 4.69) is 84.5 Å². The van der Waals surface area contributed by atoms with E-state index in [4.69, 9.17) is 0 Å². The summed E-state index contributed by atoms with van der Waals surface area (Å²) in [6.07, 6.45) is 2.25. The molecule has 0 spiro atoms. The van der Waals surface area contributed by atoms with E-state index in [0.717, 1.165) is 17.3 Å². The number of rotatable bonds is 5. The molecule has 106 valence electrons. The van der Waals surface area contributed by atoms with Gasteiger partial charge >= 0.3 is 0 Å². The van der Waals surface area contributed by atoms with E-state index in [0.29, 0.717) is 6.04 Å². The second-order valence-electron chi connectivity index (χ2n) is 5.54. The number of halogens is 1. The van der Waals surface area contributed by atoms with Gasteiger partial charge in [-0.1, -0.05) is 51.8 Å². The molecule has 1 unspecified atom stereocenters. The summed E-state index contributed by atoms with van der Waals surface area (Å²) in [6.45, 7) is 6.49. The Morgan fingerprint density at radius 2 is 1.90 bits per heavy atom. The third-order valence-corrected chi connectivity index (χ3v) is 4.39. The van der Waals surface area contributed by atoms with Gasteiger partial charge in [-0.05, 0) is 56.9 Å². The first kappa shape index (κ1) is 15.1. The van der Waals surface area contributed by atoms with E-state index in [9.17, 15) is 0 Å². The monoisotopic (exact) mass is 331 g/mol. The minimum Gasteiger partial charge on any atom is -0.383 e. The molecule has 0 saturated heterocycles. The first-order valence-electron chi connectivity index (χ1n) is 7.13. The average Bonchev–Trinajstić information content (AvgIpc) is 2.41. The van der Waals surface area contributed by atoms with Crippen LogP contribution in [0.1, 0.15) is 30.0 Å². The van der Waals surface area contributed by atoms with Crippen LogP contribution in [0.15, 0.2) is 46.9 Å². The van der Waals surface area contributed by atoms with Crippen molar-refractivity contribution in [3.8, 4) is 0 Å². The molecule has 0 aromatic heterocycles. The first-order valence-corrected chi connectivity index (χ1v) is 7.92. The molecule has 0 aliphatic heterocycles. The van der Waals surface area contributed by atoms with Crippen molar-refractivity contribution in [1.29, 1.82) is 0 Å². The lowest BCUT2D eigenvalue weighted by atomic mass is 10.0. The molecule has 1 nitrogen and oxygen atoms in total. The van der Waals surface area contributed by atoms with Crippen molar-refractivity contribution in [2.24, 2.45) is 0 Å². The van der Waals surface area contributed by atoms with Crippen molar-refractivity contribution >= 4 is 21.6 Å². The van der Waals surface area contributed by atoms with Crippen LogP contribution in [-0.2, 0) is 6.42 Å². The van der Waals surface area contributed by atoms with E-state index < -0.39 is 0 Å². The Balaban J connectivity index is 1.89. The fourth-order valence-corrected chi connectivity index (χ4v) is 2.67. The summed E-state index contributed by atoms with van der Waals surface area (Å²) < 4.78 is 1.16. The van der Waals surface area contributed by atoms with Crippen LogP contribution in [0.4, 0.5) is 5.69 Å². The van der Waals surface area contributed by atoms with Crippen molar-refractivity contribution in [1.82, 2.24) is 0 Å². The Hall–Kier alpha value is -1.28. The topological polar surface area (TPSA) is 12.0 Å². The number of hydrogen-bond acceptors (Lipinski definition) is 1. The summed E-state index contributed by atoms with van der Waals surface area (Å²) in [6, 6.07) is 15.7. The predicted octanol–water partition coefficient (Wildman–Crippen LogP) is 5.50. The molecule has 0 aliphatic rings. The standard InChI is InChI=1S/C18H22BrN/c1-13-5-4-6-16(11-13)9-8-15(3)20-17-10-7-14(2)18(19)12-17/h4-7,10-12,15,20H,8-9H2,1-3H3. The molecule has 20 heavy (non-hydrogen) atoms. The summed E-state index contributed by atoms with van der Waals surface area (Å²) in [5, 5.41) is 3.56. The number of nitrogens with one attached hydrogen (secondary N) is 1. The molecule has 0 radical (unpaired) electrons. The highest BCUT2D eigenvalue weighted by molar-refractivity contribution is 9.10. The molecule has 1 atom stereocenters. The Kier molecular flexibility index (Phi) is 5.24. The zero-order valence-corrected chi connectivity index (χ0v) is 14.0. The highest BCUT2D eigenvalue weighted by Crippen LogP contribution is 2.21. The predicted molar refractivity (Wildman–Crippen MR) is 91.5 cm³/mol. The van der Waals surface area contributed by atoms with Gasteiger partial charge in [-0.15, -0.1) is 0 Å². The summed E-state index contributed by atoms with van der Waals surface area (Å²) in [5.41, 5.74) is 5.21. The molecule has 2 aromatic rings.